The first-order valence-electron chi connectivity index (χ1n) is 5.68. The highest BCUT2D eigenvalue weighted by Gasteiger charge is 2.10. The number of thiazole rings is 1. The first kappa shape index (κ1) is 14.6. The number of hydrogen-bond acceptors (Lipinski definition) is 5. The van der Waals surface area contributed by atoms with Crippen molar-refractivity contribution in [1.82, 2.24) is 10.3 Å². The van der Waals surface area contributed by atoms with Crippen LogP contribution in [0.1, 0.15) is 12.6 Å². The molecule has 2 rings (SSSR count). The van der Waals surface area contributed by atoms with Crippen LogP contribution in [-0.4, -0.2) is 28.6 Å². The normalized spacial score (nSPS) is 12.4. The van der Waals surface area contributed by atoms with Crippen LogP contribution in [0.25, 0.3) is 9.88 Å². The fourth-order valence-corrected chi connectivity index (χ4v) is 3.74. The predicted molar refractivity (Wildman–Crippen MR) is 81.5 cm³/mol. The second-order valence-electron chi connectivity index (χ2n) is 4.10. The van der Waals surface area contributed by atoms with E-state index >= 15 is 0 Å². The summed E-state index contributed by atoms with van der Waals surface area (Å²) in [7, 11) is 0. The number of carbonyl (C=O) groups excluding carboxylic acids is 1. The maximum atomic E-state index is 11.6. The fourth-order valence-electron chi connectivity index (χ4n) is 1.42. The molecule has 2 aromatic rings. The molecule has 0 unspecified atom stereocenters. The third-order valence-electron chi connectivity index (χ3n) is 2.27. The lowest BCUT2D eigenvalue weighted by molar-refractivity contribution is -0.120. The summed E-state index contributed by atoms with van der Waals surface area (Å²) in [4.78, 5) is 17.1. The summed E-state index contributed by atoms with van der Waals surface area (Å²) < 4.78 is 1.04. The maximum Gasteiger partial charge on any atom is 0.226 e. The van der Waals surface area contributed by atoms with E-state index in [0.717, 1.165) is 20.1 Å². The Labute approximate surface area is 127 Å². The van der Waals surface area contributed by atoms with Crippen molar-refractivity contribution >= 4 is 44.5 Å². The van der Waals surface area contributed by atoms with Crippen LogP contribution >= 0.6 is 38.6 Å². The van der Waals surface area contributed by atoms with Crippen LogP contribution in [0.4, 0.5) is 0 Å². The van der Waals surface area contributed by atoms with E-state index in [1.807, 2.05) is 16.8 Å². The van der Waals surface area contributed by atoms with E-state index in [-0.39, 0.29) is 18.9 Å². The van der Waals surface area contributed by atoms with Crippen molar-refractivity contribution in [3.63, 3.8) is 0 Å². The van der Waals surface area contributed by atoms with Crippen LogP contribution in [0.5, 0.6) is 0 Å². The molecule has 0 aliphatic heterocycles. The molecule has 7 heteroatoms. The number of halogens is 1. The molecule has 0 aromatic carbocycles. The Balaban J connectivity index is 1.96. The Bertz CT molecular complexity index is 566. The highest BCUT2D eigenvalue weighted by Crippen LogP contribution is 2.31. The number of thiophene rings is 1. The third kappa shape index (κ3) is 4.38. The van der Waals surface area contributed by atoms with E-state index in [4.69, 9.17) is 5.11 Å². The van der Waals surface area contributed by atoms with Crippen LogP contribution in [-0.2, 0) is 11.2 Å². The molecule has 0 saturated carbocycles. The van der Waals surface area contributed by atoms with Gasteiger partial charge in [0.05, 0.1) is 23.1 Å². The molecule has 2 heterocycles. The van der Waals surface area contributed by atoms with Gasteiger partial charge in [0, 0.05) is 21.8 Å². The third-order valence-corrected chi connectivity index (χ3v) is 5.02. The standard InChI is InChI=1S/C12H13BrN2O2S2/c1-7(16)4-14-11(17)3-9-6-19-12(15-9)10-2-8(13)5-18-10/h2,5-7,16H,3-4H2,1H3,(H,14,17)/t7-/m1/s1. The highest BCUT2D eigenvalue weighted by molar-refractivity contribution is 9.10. The van der Waals surface area contributed by atoms with Gasteiger partial charge in [-0.3, -0.25) is 4.79 Å². The van der Waals surface area contributed by atoms with E-state index in [9.17, 15) is 4.79 Å². The largest absolute Gasteiger partial charge is 0.392 e. The first-order chi connectivity index (χ1) is 9.04. The van der Waals surface area contributed by atoms with Crippen molar-refractivity contribution in [2.75, 3.05) is 6.54 Å². The molecule has 0 radical (unpaired) electrons. The summed E-state index contributed by atoms with van der Waals surface area (Å²) in [5.74, 6) is -0.120. The lowest BCUT2D eigenvalue weighted by Crippen LogP contribution is -2.31. The van der Waals surface area contributed by atoms with Gasteiger partial charge >= 0.3 is 0 Å². The average Bonchev–Trinajstić information content (AvgIpc) is 2.95. The van der Waals surface area contributed by atoms with Crippen LogP contribution < -0.4 is 5.32 Å². The number of rotatable bonds is 5. The number of amides is 1. The zero-order chi connectivity index (χ0) is 13.8. The van der Waals surface area contributed by atoms with Crippen LogP contribution in [0, 0.1) is 0 Å². The van der Waals surface area contributed by atoms with Gasteiger partial charge in [-0.05, 0) is 28.9 Å². The van der Waals surface area contributed by atoms with Crippen molar-refractivity contribution in [2.45, 2.75) is 19.4 Å². The van der Waals surface area contributed by atoms with Crippen molar-refractivity contribution in [3.05, 3.63) is 27.0 Å². The summed E-state index contributed by atoms with van der Waals surface area (Å²) in [5, 5.41) is 16.6. The van der Waals surface area contributed by atoms with Gasteiger partial charge in [-0.1, -0.05) is 0 Å². The Morgan fingerprint density at radius 1 is 1.53 bits per heavy atom. The summed E-state index contributed by atoms with van der Waals surface area (Å²) in [5.41, 5.74) is 0.757. The quantitative estimate of drug-likeness (QED) is 0.861. The molecule has 0 saturated heterocycles. The minimum atomic E-state index is -0.529. The smallest absolute Gasteiger partial charge is 0.226 e. The van der Waals surface area contributed by atoms with Gasteiger partial charge in [0.2, 0.25) is 5.91 Å². The second-order valence-corrected chi connectivity index (χ2v) is 6.79. The van der Waals surface area contributed by atoms with Gasteiger partial charge in [-0.25, -0.2) is 4.98 Å². The van der Waals surface area contributed by atoms with E-state index in [1.54, 1.807) is 18.3 Å². The molecule has 0 aliphatic carbocycles. The Hall–Kier alpha value is -0.760. The number of aromatic nitrogens is 1. The van der Waals surface area contributed by atoms with Crippen molar-refractivity contribution in [3.8, 4) is 9.88 Å². The molecular weight excluding hydrogens is 348 g/mol. The molecule has 0 aliphatic rings. The molecule has 19 heavy (non-hydrogen) atoms. The van der Waals surface area contributed by atoms with E-state index in [0.29, 0.717) is 0 Å². The topological polar surface area (TPSA) is 62.2 Å². The molecule has 2 N–H and O–H groups in total. The highest BCUT2D eigenvalue weighted by atomic mass is 79.9. The number of hydrogen-bond donors (Lipinski definition) is 2. The average molecular weight is 361 g/mol. The summed E-state index contributed by atoms with van der Waals surface area (Å²) >= 11 is 6.56. The number of aliphatic hydroxyl groups is 1. The van der Waals surface area contributed by atoms with Gasteiger partial charge in [0.1, 0.15) is 5.01 Å². The van der Waals surface area contributed by atoms with Crippen LogP contribution in [0.3, 0.4) is 0 Å². The Morgan fingerprint density at radius 2 is 2.32 bits per heavy atom. The number of nitrogens with one attached hydrogen (secondary N) is 1. The van der Waals surface area contributed by atoms with Gasteiger partial charge in [-0.2, -0.15) is 0 Å². The summed E-state index contributed by atoms with van der Waals surface area (Å²) in [6.45, 7) is 1.91. The van der Waals surface area contributed by atoms with Crippen LogP contribution in [0.2, 0.25) is 0 Å². The molecule has 0 fully saturated rings. The molecule has 1 amide bonds. The minimum Gasteiger partial charge on any atom is -0.392 e. The minimum absolute atomic E-state index is 0.120. The molecule has 102 valence electrons. The van der Waals surface area contributed by atoms with E-state index in [1.165, 1.54) is 11.3 Å². The summed E-state index contributed by atoms with van der Waals surface area (Å²) in [6.07, 6.45) is -0.283. The van der Waals surface area contributed by atoms with E-state index < -0.39 is 6.10 Å². The molecule has 4 nitrogen and oxygen atoms in total. The lowest BCUT2D eigenvalue weighted by Gasteiger charge is -2.05. The van der Waals surface area contributed by atoms with Gasteiger partial charge in [0.15, 0.2) is 0 Å². The SMILES string of the molecule is C[C@@H](O)CNC(=O)Cc1csc(-c2cc(Br)cs2)n1. The Morgan fingerprint density at radius 3 is 2.95 bits per heavy atom. The zero-order valence-electron chi connectivity index (χ0n) is 10.2. The molecule has 0 bridgehead atoms. The van der Waals surface area contributed by atoms with Gasteiger partial charge in [-0.15, -0.1) is 22.7 Å². The first-order valence-corrected chi connectivity index (χ1v) is 8.23. The fraction of sp³-hybridized carbons (Fsp3) is 0.333. The molecule has 0 spiro atoms. The molecular formula is C12H13BrN2O2S2. The molecule has 1 atom stereocenters. The number of carbonyl (C=O) groups is 1. The monoisotopic (exact) mass is 360 g/mol. The van der Waals surface area contributed by atoms with Crippen LogP contribution in [0.15, 0.2) is 21.3 Å². The molecule has 2 aromatic heterocycles. The lowest BCUT2D eigenvalue weighted by atomic mass is 10.3. The predicted octanol–water partition coefficient (Wildman–Crippen LogP) is 2.67. The van der Waals surface area contributed by atoms with Crippen molar-refractivity contribution in [1.29, 1.82) is 0 Å². The second kappa shape index (κ2) is 6.60. The van der Waals surface area contributed by atoms with Crippen molar-refractivity contribution in [2.24, 2.45) is 0 Å². The zero-order valence-corrected chi connectivity index (χ0v) is 13.4. The van der Waals surface area contributed by atoms with Gasteiger partial charge < -0.3 is 10.4 Å². The van der Waals surface area contributed by atoms with Gasteiger partial charge in [0.25, 0.3) is 0 Å². The van der Waals surface area contributed by atoms with Crippen molar-refractivity contribution < 1.29 is 9.90 Å². The maximum absolute atomic E-state index is 11.6. The number of aliphatic hydroxyl groups excluding tert-OH is 1. The Kier molecular flexibility index (Phi) is 5.09. The number of nitrogens with zero attached hydrogens (tertiary/aromatic N) is 1. The summed E-state index contributed by atoms with van der Waals surface area (Å²) in [6, 6.07) is 2.01. The van der Waals surface area contributed by atoms with E-state index in [2.05, 4.69) is 26.2 Å².